The molecule has 0 aliphatic rings. The first-order valence-corrected chi connectivity index (χ1v) is 7.75. The molecule has 0 bridgehead atoms. The molecule has 0 radical (unpaired) electrons. The largest absolute Gasteiger partial charge is 0.485 e. The van der Waals surface area contributed by atoms with Crippen molar-refractivity contribution in [3.63, 3.8) is 0 Å². The molecule has 0 fully saturated rings. The molecule has 0 atom stereocenters. The molecule has 0 aliphatic heterocycles. The number of Topliss-reactive ketones (excluding diaryl/α,β-unsaturated/α-hetero) is 1. The van der Waals surface area contributed by atoms with E-state index in [2.05, 4.69) is 11.9 Å². The molecule has 0 unspecified atom stereocenters. The van der Waals surface area contributed by atoms with Crippen molar-refractivity contribution in [1.29, 1.82) is 0 Å². The quantitative estimate of drug-likeness (QED) is 0.684. The maximum Gasteiger partial charge on any atom is 0.252 e. The van der Waals surface area contributed by atoms with E-state index in [1.807, 2.05) is 18.2 Å². The van der Waals surface area contributed by atoms with Gasteiger partial charge in [0, 0.05) is 22.7 Å². The zero-order valence-corrected chi connectivity index (χ0v) is 13.3. The molecular weight excluding hydrogens is 304 g/mol. The number of ketones is 1. The number of carbonyl (C=O) groups is 2. The average Bonchev–Trinajstić information content (AvgIpc) is 3.04. The van der Waals surface area contributed by atoms with Crippen molar-refractivity contribution < 1.29 is 14.3 Å². The predicted octanol–water partition coefficient (Wildman–Crippen LogP) is 3.09. The molecule has 2 aromatic carbocycles. The van der Waals surface area contributed by atoms with Crippen LogP contribution in [0.3, 0.4) is 0 Å². The second kappa shape index (κ2) is 6.58. The number of hydrogen-bond donors (Lipinski definition) is 2. The number of para-hydroxylation sites is 2. The first-order valence-electron chi connectivity index (χ1n) is 7.75. The molecule has 3 aromatic rings. The Hall–Kier alpha value is -3.08. The van der Waals surface area contributed by atoms with Crippen LogP contribution in [0.5, 0.6) is 5.75 Å². The van der Waals surface area contributed by atoms with Crippen LogP contribution >= 0.6 is 0 Å². The van der Waals surface area contributed by atoms with Gasteiger partial charge in [-0.1, -0.05) is 37.3 Å². The van der Waals surface area contributed by atoms with Gasteiger partial charge in [-0.15, -0.1) is 0 Å². The minimum atomic E-state index is -0.585. The number of primary amides is 1. The summed E-state index contributed by atoms with van der Waals surface area (Å²) in [5.41, 5.74) is 8.29. The molecule has 122 valence electrons. The van der Waals surface area contributed by atoms with Crippen LogP contribution in [0.4, 0.5) is 0 Å². The van der Waals surface area contributed by atoms with Gasteiger partial charge in [0.2, 0.25) is 5.78 Å². The minimum Gasteiger partial charge on any atom is -0.485 e. The zero-order chi connectivity index (χ0) is 17.1. The third-order valence-electron chi connectivity index (χ3n) is 3.99. The Morgan fingerprint density at radius 3 is 2.62 bits per heavy atom. The Labute approximate surface area is 139 Å². The Kier molecular flexibility index (Phi) is 4.33. The summed E-state index contributed by atoms with van der Waals surface area (Å²) >= 11 is 0. The summed E-state index contributed by atoms with van der Waals surface area (Å²) in [5.74, 6) is -0.432. The monoisotopic (exact) mass is 322 g/mol. The molecule has 0 saturated carbocycles. The van der Waals surface area contributed by atoms with E-state index in [9.17, 15) is 9.59 Å². The number of nitrogens with one attached hydrogen (secondary N) is 1. The first-order chi connectivity index (χ1) is 11.6. The Morgan fingerprint density at radius 2 is 1.88 bits per heavy atom. The van der Waals surface area contributed by atoms with Crippen LogP contribution in [-0.4, -0.2) is 23.3 Å². The van der Waals surface area contributed by atoms with E-state index in [1.165, 1.54) is 0 Å². The fraction of sp³-hybridized carbons (Fsp3) is 0.158. The average molecular weight is 322 g/mol. The van der Waals surface area contributed by atoms with E-state index in [1.54, 1.807) is 30.5 Å². The number of aromatic nitrogens is 1. The molecule has 1 aromatic heterocycles. The fourth-order valence-corrected chi connectivity index (χ4v) is 2.76. The highest BCUT2D eigenvalue weighted by molar-refractivity contribution is 6.09. The van der Waals surface area contributed by atoms with Gasteiger partial charge in [-0.25, -0.2) is 0 Å². The summed E-state index contributed by atoms with van der Waals surface area (Å²) in [6.45, 7) is 1.91. The van der Waals surface area contributed by atoms with Crippen LogP contribution in [0, 0.1) is 0 Å². The summed E-state index contributed by atoms with van der Waals surface area (Å²) in [6, 6.07) is 12.5. The van der Waals surface area contributed by atoms with E-state index in [0.717, 1.165) is 22.9 Å². The highest BCUT2D eigenvalue weighted by Gasteiger charge is 2.15. The number of fused-ring (bicyclic) bond motifs is 1. The zero-order valence-electron chi connectivity index (χ0n) is 13.3. The van der Waals surface area contributed by atoms with Crippen molar-refractivity contribution in [2.75, 3.05) is 6.61 Å². The number of nitrogens with two attached hydrogens (primary N) is 1. The number of rotatable bonds is 6. The van der Waals surface area contributed by atoms with Crippen molar-refractivity contribution in [3.05, 3.63) is 65.4 Å². The molecule has 5 heteroatoms. The van der Waals surface area contributed by atoms with Crippen LogP contribution in [0.2, 0.25) is 0 Å². The van der Waals surface area contributed by atoms with E-state index in [-0.39, 0.29) is 18.0 Å². The second-order valence-electron chi connectivity index (χ2n) is 5.47. The lowest BCUT2D eigenvalue weighted by molar-refractivity contribution is 0.0913. The van der Waals surface area contributed by atoms with Crippen LogP contribution in [0.15, 0.2) is 48.7 Å². The van der Waals surface area contributed by atoms with Crippen molar-refractivity contribution in [1.82, 2.24) is 4.98 Å². The summed E-state index contributed by atoms with van der Waals surface area (Å²) < 4.78 is 5.53. The number of aryl methyl sites for hydroxylation is 1. The summed E-state index contributed by atoms with van der Waals surface area (Å²) in [5, 5.41) is 0.881. The Morgan fingerprint density at radius 1 is 1.08 bits per heavy atom. The number of amides is 1. The van der Waals surface area contributed by atoms with Gasteiger partial charge < -0.3 is 15.5 Å². The van der Waals surface area contributed by atoms with Gasteiger partial charge in [0.05, 0.1) is 5.56 Å². The topological polar surface area (TPSA) is 85.2 Å². The van der Waals surface area contributed by atoms with E-state index >= 15 is 0 Å². The van der Waals surface area contributed by atoms with Gasteiger partial charge in [0.25, 0.3) is 5.91 Å². The third-order valence-corrected chi connectivity index (χ3v) is 3.99. The molecule has 0 spiro atoms. The maximum absolute atomic E-state index is 12.5. The number of hydrogen-bond acceptors (Lipinski definition) is 3. The molecule has 24 heavy (non-hydrogen) atoms. The lowest BCUT2D eigenvalue weighted by atomic mass is 10.1. The lowest BCUT2D eigenvalue weighted by Gasteiger charge is -2.08. The minimum absolute atomic E-state index is 0.159. The molecule has 3 rings (SSSR count). The van der Waals surface area contributed by atoms with Gasteiger partial charge >= 0.3 is 0 Å². The second-order valence-corrected chi connectivity index (χ2v) is 5.47. The lowest BCUT2D eigenvalue weighted by Crippen LogP contribution is -2.16. The van der Waals surface area contributed by atoms with Crippen LogP contribution in [0.25, 0.3) is 10.9 Å². The van der Waals surface area contributed by atoms with Crippen molar-refractivity contribution in [2.45, 2.75) is 13.3 Å². The number of carbonyl (C=O) groups excluding carboxylic acids is 2. The fourth-order valence-electron chi connectivity index (χ4n) is 2.76. The highest BCUT2D eigenvalue weighted by atomic mass is 16.5. The molecular formula is C19H18N2O3. The summed E-state index contributed by atoms with van der Waals surface area (Å²) in [4.78, 5) is 27.1. The number of aromatic amines is 1. The predicted molar refractivity (Wildman–Crippen MR) is 92.5 cm³/mol. The first kappa shape index (κ1) is 15.8. The molecule has 3 N–H and O–H groups in total. The summed E-state index contributed by atoms with van der Waals surface area (Å²) in [6.07, 6.45) is 2.59. The highest BCUT2D eigenvalue weighted by Crippen LogP contribution is 2.23. The smallest absolute Gasteiger partial charge is 0.252 e. The van der Waals surface area contributed by atoms with Crippen molar-refractivity contribution in [3.8, 4) is 5.75 Å². The number of ether oxygens (including phenoxy) is 1. The summed E-state index contributed by atoms with van der Waals surface area (Å²) in [7, 11) is 0. The van der Waals surface area contributed by atoms with Gasteiger partial charge in [-0.2, -0.15) is 0 Å². The van der Waals surface area contributed by atoms with Crippen molar-refractivity contribution in [2.24, 2.45) is 5.73 Å². The standard InChI is InChI=1S/C19H18N2O3/c1-2-12-6-5-8-13-15(10-21-18(12)13)16(22)11-24-17-9-4-3-7-14(17)19(20)23/h3-10,21H,2,11H2,1H3,(H2,20,23). The SMILES string of the molecule is CCc1cccc2c(C(=O)COc3ccccc3C(N)=O)c[nH]c12. The third kappa shape index (κ3) is 2.88. The maximum atomic E-state index is 12.5. The van der Waals surface area contributed by atoms with E-state index < -0.39 is 5.91 Å². The molecule has 0 aliphatic carbocycles. The van der Waals surface area contributed by atoms with Gasteiger partial charge in [0.15, 0.2) is 6.61 Å². The van der Waals surface area contributed by atoms with E-state index in [0.29, 0.717) is 11.3 Å². The normalized spacial score (nSPS) is 10.7. The van der Waals surface area contributed by atoms with Gasteiger partial charge in [-0.05, 0) is 24.1 Å². The van der Waals surface area contributed by atoms with Crippen LogP contribution in [-0.2, 0) is 6.42 Å². The van der Waals surface area contributed by atoms with E-state index in [4.69, 9.17) is 10.5 Å². The van der Waals surface area contributed by atoms with Crippen molar-refractivity contribution >= 4 is 22.6 Å². The molecule has 5 nitrogen and oxygen atoms in total. The molecule has 1 heterocycles. The number of H-pyrrole nitrogens is 1. The molecule has 1 amide bonds. The van der Waals surface area contributed by atoms with Crippen LogP contribution in [0.1, 0.15) is 33.2 Å². The van der Waals surface area contributed by atoms with Gasteiger partial charge in [0.1, 0.15) is 5.75 Å². The van der Waals surface area contributed by atoms with Crippen LogP contribution < -0.4 is 10.5 Å². The Balaban J connectivity index is 1.83. The number of benzene rings is 2. The Bertz CT molecular complexity index is 912. The molecule has 0 saturated heterocycles. The van der Waals surface area contributed by atoms with Gasteiger partial charge in [-0.3, -0.25) is 9.59 Å².